The van der Waals surface area contributed by atoms with Crippen LogP contribution in [0.4, 0.5) is 0 Å². The van der Waals surface area contributed by atoms with Crippen molar-refractivity contribution < 1.29 is 28.6 Å². The third kappa shape index (κ3) is 68.0. The Bertz CT molecular complexity index is 1800. The molecule has 0 aromatic carbocycles. The number of carbonyl (C=O) groups excluding carboxylic acids is 3. The van der Waals surface area contributed by atoms with Gasteiger partial charge in [-0.2, -0.15) is 0 Å². The summed E-state index contributed by atoms with van der Waals surface area (Å²) in [6.45, 7) is 6.38. The van der Waals surface area contributed by atoms with Crippen LogP contribution in [0.3, 0.4) is 0 Å². The SMILES string of the molecule is CC/C=C\C/C=C\C/C=C\C/C=C\C/C=C\C/C=C\C/C=C\CCCCCCCCCCCC(=O)OCC(COC(=O)CCCC/C=C\C/C=C\C/C=C\C/C=C\CC)OC(=O)CCCCCCCCCCC/C=C\CCCCCCCC. The zero-order valence-electron chi connectivity index (χ0n) is 53.9. The summed E-state index contributed by atoms with van der Waals surface area (Å²) in [5, 5.41) is 0. The van der Waals surface area contributed by atoms with Gasteiger partial charge in [0, 0.05) is 19.3 Å². The highest BCUT2D eigenvalue weighted by Gasteiger charge is 2.19. The number of hydrogen-bond donors (Lipinski definition) is 0. The predicted octanol–water partition coefficient (Wildman–Crippen LogP) is 23.9. The van der Waals surface area contributed by atoms with E-state index in [-0.39, 0.29) is 31.1 Å². The Kier molecular flexibility index (Phi) is 65.8. The van der Waals surface area contributed by atoms with Crippen molar-refractivity contribution in [1.29, 1.82) is 0 Å². The van der Waals surface area contributed by atoms with Gasteiger partial charge < -0.3 is 14.2 Å². The van der Waals surface area contributed by atoms with Gasteiger partial charge >= 0.3 is 17.9 Å². The third-order valence-corrected chi connectivity index (χ3v) is 14.3. The zero-order chi connectivity index (χ0) is 59.9. The van der Waals surface area contributed by atoms with Gasteiger partial charge in [-0.05, 0) is 141 Å². The van der Waals surface area contributed by atoms with Gasteiger partial charge in [0.05, 0.1) is 0 Å². The van der Waals surface area contributed by atoms with E-state index in [9.17, 15) is 14.4 Å². The normalized spacial score (nSPS) is 13.0. The molecule has 0 heterocycles. The van der Waals surface area contributed by atoms with Gasteiger partial charge in [0.1, 0.15) is 13.2 Å². The molecular formula is C77H126O6. The Morgan fingerprint density at radius 3 is 0.771 bits per heavy atom. The molecule has 0 aliphatic heterocycles. The molecule has 6 nitrogen and oxygen atoms in total. The van der Waals surface area contributed by atoms with Gasteiger partial charge in [0.25, 0.3) is 0 Å². The summed E-state index contributed by atoms with van der Waals surface area (Å²) in [6.07, 6.45) is 100. The molecule has 0 saturated heterocycles. The van der Waals surface area contributed by atoms with E-state index in [2.05, 4.69) is 167 Å². The van der Waals surface area contributed by atoms with Crippen LogP contribution in [0, 0.1) is 0 Å². The summed E-state index contributed by atoms with van der Waals surface area (Å²) in [5.41, 5.74) is 0. The lowest BCUT2D eigenvalue weighted by atomic mass is 10.1. The molecule has 1 atom stereocenters. The fourth-order valence-electron chi connectivity index (χ4n) is 9.23. The number of rotatable bonds is 61. The molecule has 0 spiro atoms. The van der Waals surface area contributed by atoms with Crippen molar-refractivity contribution in [3.63, 3.8) is 0 Å². The van der Waals surface area contributed by atoms with Crippen LogP contribution in [-0.2, 0) is 28.6 Å². The number of esters is 3. The summed E-state index contributed by atoms with van der Waals surface area (Å²) < 4.78 is 16.9. The number of allylic oxidation sites excluding steroid dienone is 24. The fraction of sp³-hybridized carbons (Fsp3) is 0.649. The number of hydrogen-bond acceptors (Lipinski definition) is 6. The van der Waals surface area contributed by atoms with Crippen molar-refractivity contribution in [2.24, 2.45) is 0 Å². The Hall–Kier alpha value is -4.71. The van der Waals surface area contributed by atoms with Gasteiger partial charge in [0.15, 0.2) is 6.10 Å². The van der Waals surface area contributed by atoms with Gasteiger partial charge in [-0.25, -0.2) is 0 Å². The van der Waals surface area contributed by atoms with Crippen LogP contribution in [-0.4, -0.2) is 37.2 Å². The molecule has 6 heteroatoms. The highest BCUT2D eigenvalue weighted by atomic mass is 16.6. The molecule has 0 N–H and O–H groups in total. The first-order valence-corrected chi connectivity index (χ1v) is 34.3. The fourth-order valence-corrected chi connectivity index (χ4v) is 9.23. The molecule has 83 heavy (non-hydrogen) atoms. The Balaban J connectivity index is 4.36. The summed E-state index contributed by atoms with van der Waals surface area (Å²) in [6, 6.07) is 0. The first-order chi connectivity index (χ1) is 41.0. The van der Waals surface area contributed by atoms with E-state index in [1.54, 1.807) is 0 Å². The maximum Gasteiger partial charge on any atom is 0.306 e. The van der Waals surface area contributed by atoms with Crippen LogP contribution in [0.2, 0.25) is 0 Å². The quantitative estimate of drug-likeness (QED) is 0.0261. The van der Waals surface area contributed by atoms with Crippen molar-refractivity contribution in [3.8, 4) is 0 Å². The summed E-state index contributed by atoms with van der Waals surface area (Å²) in [7, 11) is 0. The topological polar surface area (TPSA) is 78.9 Å². The molecule has 0 aromatic heterocycles. The molecule has 470 valence electrons. The molecule has 0 rings (SSSR count). The number of carbonyl (C=O) groups is 3. The minimum Gasteiger partial charge on any atom is -0.462 e. The summed E-state index contributed by atoms with van der Waals surface area (Å²) in [5.74, 6) is -0.945. The zero-order valence-corrected chi connectivity index (χ0v) is 53.9. The van der Waals surface area contributed by atoms with Crippen molar-refractivity contribution in [2.45, 2.75) is 309 Å². The van der Waals surface area contributed by atoms with Crippen LogP contribution in [0.1, 0.15) is 303 Å². The first kappa shape index (κ1) is 78.3. The average molecular weight is 1150 g/mol. The number of unbranched alkanes of at least 4 members (excludes halogenated alkanes) is 26. The summed E-state index contributed by atoms with van der Waals surface area (Å²) in [4.78, 5) is 38.4. The van der Waals surface area contributed by atoms with Crippen molar-refractivity contribution in [3.05, 3.63) is 146 Å². The van der Waals surface area contributed by atoms with E-state index >= 15 is 0 Å². The molecular weight excluding hydrogens is 1020 g/mol. The molecule has 0 aliphatic rings. The Morgan fingerprint density at radius 2 is 0.470 bits per heavy atom. The van der Waals surface area contributed by atoms with E-state index in [0.29, 0.717) is 19.3 Å². The molecule has 1 unspecified atom stereocenters. The molecule has 0 amide bonds. The first-order valence-electron chi connectivity index (χ1n) is 34.3. The van der Waals surface area contributed by atoms with Gasteiger partial charge in [-0.15, -0.1) is 0 Å². The van der Waals surface area contributed by atoms with Crippen LogP contribution < -0.4 is 0 Å². The largest absolute Gasteiger partial charge is 0.462 e. The second-order valence-corrected chi connectivity index (χ2v) is 22.3. The van der Waals surface area contributed by atoms with Gasteiger partial charge in [0.2, 0.25) is 0 Å². The lowest BCUT2D eigenvalue weighted by Crippen LogP contribution is -2.30. The molecule has 0 bridgehead atoms. The molecule has 0 aliphatic carbocycles. The predicted molar refractivity (Wildman–Crippen MR) is 362 cm³/mol. The lowest BCUT2D eigenvalue weighted by Gasteiger charge is -2.18. The van der Waals surface area contributed by atoms with Gasteiger partial charge in [-0.3, -0.25) is 14.4 Å². The Morgan fingerprint density at radius 1 is 0.253 bits per heavy atom. The van der Waals surface area contributed by atoms with Crippen molar-refractivity contribution >= 4 is 17.9 Å². The van der Waals surface area contributed by atoms with E-state index in [1.807, 2.05) is 0 Å². The second-order valence-electron chi connectivity index (χ2n) is 22.3. The molecule has 0 radical (unpaired) electrons. The lowest BCUT2D eigenvalue weighted by molar-refractivity contribution is -0.167. The van der Waals surface area contributed by atoms with Crippen molar-refractivity contribution in [2.75, 3.05) is 13.2 Å². The molecule has 0 aromatic rings. The van der Waals surface area contributed by atoms with Crippen LogP contribution in [0.5, 0.6) is 0 Å². The molecule has 0 fully saturated rings. The maximum atomic E-state index is 12.9. The van der Waals surface area contributed by atoms with Crippen molar-refractivity contribution in [1.82, 2.24) is 0 Å². The van der Waals surface area contributed by atoms with Crippen LogP contribution >= 0.6 is 0 Å². The summed E-state index contributed by atoms with van der Waals surface area (Å²) >= 11 is 0. The van der Waals surface area contributed by atoms with Crippen LogP contribution in [0.15, 0.2) is 146 Å². The maximum absolute atomic E-state index is 12.9. The van der Waals surface area contributed by atoms with E-state index in [0.717, 1.165) is 135 Å². The van der Waals surface area contributed by atoms with E-state index < -0.39 is 6.10 Å². The highest BCUT2D eigenvalue weighted by Crippen LogP contribution is 2.16. The number of ether oxygens (including phenoxy) is 3. The highest BCUT2D eigenvalue weighted by molar-refractivity contribution is 5.71. The van der Waals surface area contributed by atoms with Crippen LogP contribution in [0.25, 0.3) is 0 Å². The minimum atomic E-state index is -0.806. The van der Waals surface area contributed by atoms with Gasteiger partial charge in [-0.1, -0.05) is 289 Å². The van der Waals surface area contributed by atoms with E-state index in [4.69, 9.17) is 14.2 Å². The average Bonchev–Trinajstić information content (AvgIpc) is 3.49. The third-order valence-electron chi connectivity index (χ3n) is 14.3. The molecule has 0 saturated carbocycles. The second kappa shape index (κ2) is 69.8. The van der Waals surface area contributed by atoms with E-state index in [1.165, 1.54) is 128 Å². The smallest absolute Gasteiger partial charge is 0.306 e. The minimum absolute atomic E-state index is 0.0988. The monoisotopic (exact) mass is 1150 g/mol. The standard InChI is InChI=1S/C77H126O6/c1-4-7-10-13-16-19-22-25-28-30-32-33-34-35-36-37-38-39-40-41-42-43-45-46-49-52-55-58-61-64-67-70-76(79)82-73-74(72-81-75(78)69-66-63-60-57-54-51-48-27-24-21-18-15-12-9-6-3)83-77(80)71-68-65-62-59-56-53-50-47-44-31-29-26-23-20-17-14-11-8-5-2/h7,9-10,12,16,18-19,21,25-29,32-33,35-36,38-39,41-42,48,54,57,74H,4-6,8,11,13-15,17,20,22-24,30-31,34,37,40,43-47,49-53,55-56,58-73H2,1-3H3/b10-7-,12-9-,19-16-,21-18-,28-25-,29-26-,33-32-,36-35-,39-38-,42-41-,48-27-,57-54-. The Labute approximate surface area is 512 Å².